The topological polar surface area (TPSA) is 70.2 Å². The molecule has 1 fully saturated rings. The number of aromatic nitrogens is 2. The summed E-state index contributed by atoms with van der Waals surface area (Å²) in [4.78, 5) is 13.5. The first-order valence-electron chi connectivity index (χ1n) is 6.80. The van der Waals surface area contributed by atoms with Crippen LogP contribution in [0.1, 0.15) is 30.3 Å². The van der Waals surface area contributed by atoms with Gasteiger partial charge in [0.15, 0.2) is 0 Å². The molecular formula is C12H21N5OS. The number of urea groups is 1. The number of carbonyl (C=O) groups excluding carboxylic acids is 1. The van der Waals surface area contributed by atoms with Gasteiger partial charge in [0, 0.05) is 25.7 Å². The summed E-state index contributed by atoms with van der Waals surface area (Å²) in [5, 5.41) is 16.6. The molecule has 106 valence electrons. The van der Waals surface area contributed by atoms with E-state index in [-0.39, 0.29) is 6.03 Å². The normalized spacial score (nSPS) is 18.8. The van der Waals surface area contributed by atoms with Gasteiger partial charge >= 0.3 is 6.03 Å². The molecule has 2 heterocycles. The minimum atomic E-state index is 0.0379. The Hall–Kier alpha value is -1.21. The molecule has 7 heteroatoms. The van der Waals surface area contributed by atoms with Gasteiger partial charge in [-0.3, -0.25) is 0 Å². The Morgan fingerprint density at radius 1 is 1.42 bits per heavy atom. The number of aryl methyl sites for hydroxylation is 1. The van der Waals surface area contributed by atoms with E-state index in [1.807, 2.05) is 11.8 Å². The second-order valence-electron chi connectivity index (χ2n) is 4.59. The maximum absolute atomic E-state index is 11.7. The average molecular weight is 283 g/mol. The van der Waals surface area contributed by atoms with Crippen LogP contribution in [0.5, 0.6) is 0 Å². The first kappa shape index (κ1) is 14.2. The Morgan fingerprint density at radius 2 is 2.21 bits per heavy atom. The van der Waals surface area contributed by atoms with Gasteiger partial charge in [-0.25, -0.2) is 4.79 Å². The Labute approximate surface area is 117 Å². The van der Waals surface area contributed by atoms with Gasteiger partial charge in [0.25, 0.3) is 0 Å². The van der Waals surface area contributed by atoms with Crippen molar-refractivity contribution in [2.75, 3.05) is 19.6 Å². The zero-order chi connectivity index (χ0) is 13.7. The monoisotopic (exact) mass is 283 g/mol. The number of hydrogen-bond acceptors (Lipinski definition) is 5. The van der Waals surface area contributed by atoms with E-state index < -0.39 is 0 Å². The number of hydrogen-bond donors (Lipinski definition) is 2. The van der Waals surface area contributed by atoms with Crippen molar-refractivity contribution in [2.24, 2.45) is 0 Å². The minimum absolute atomic E-state index is 0.0379. The van der Waals surface area contributed by atoms with Gasteiger partial charge in [-0.1, -0.05) is 6.92 Å². The lowest BCUT2D eigenvalue weighted by Crippen LogP contribution is -2.40. The summed E-state index contributed by atoms with van der Waals surface area (Å²) in [6.45, 7) is 7.03. The molecule has 0 bridgehead atoms. The van der Waals surface area contributed by atoms with Crippen LogP contribution in [-0.4, -0.2) is 46.8 Å². The van der Waals surface area contributed by atoms with E-state index in [0.717, 1.165) is 42.5 Å². The van der Waals surface area contributed by atoms with Gasteiger partial charge in [-0.05, 0) is 19.8 Å². The lowest BCUT2D eigenvalue weighted by atomic mass is 10.3. The second-order valence-corrected chi connectivity index (χ2v) is 5.74. The SMILES string of the molecule is CCNC(=O)N1CCC(NCc2nnc(CC)s2)C1. The first-order valence-corrected chi connectivity index (χ1v) is 7.62. The third kappa shape index (κ3) is 3.87. The zero-order valence-electron chi connectivity index (χ0n) is 11.5. The van der Waals surface area contributed by atoms with Crippen LogP contribution in [0.2, 0.25) is 0 Å². The maximum Gasteiger partial charge on any atom is 0.317 e. The molecular weight excluding hydrogens is 262 g/mol. The Balaban J connectivity index is 1.74. The molecule has 0 saturated carbocycles. The van der Waals surface area contributed by atoms with E-state index in [2.05, 4.69) is 27.8 Å². The molecule has 0 aromatic carbocycles. The molecule has 6 nitrogen and oxygen atoms in total. The fourth-order valence-corrected chi connectivity index (χ4v) is 2.84. The van der Waals surface area contributed by atoms with Gasteiger partial charge < -0.3 is 15.5 Å². The predicted molar refractivity (Wildman–Crippen MR) is 75.2 cm³/mol. The summed E-state index contributed by atoms with van der Waals surface area (Å²) < 4.78 is 0. The van der Waals surface area contributed by atoms with E-state index in [1.54, 1.807) is 11.3 Å². The van der Waals surface area contributed by atoms with Gasteiger partial charge in [-0.15, -0.1) is 21.5 Å². The largest absolute Gasteiger partial charge is 0.338 e. The van der Waals surface area contributed by atoms with Gasteiger partial charge in [0.1, 0.15) is 10.0 Å². The van der Waals surface area contributed by atoms with Gasteiger partial charge in [-0.2, -0.15) is 0 Å². The van der Waals surface area contributed by atoms with Crippen LogP contribution in [0.15, 0.2) is 0 Å². The molecule has 1 aliphatic rings. The fourth-order valence-electron chi connectivity index (χ4n) is 2.11. The molecule has 1 saturated heterocycles. The molecule has 2 amide bonds. The Kier molecular flexibility index (Phi) is 5.09. The molecule has 0 aliphatic carbocycles. The molecule has 2 N–H and O–H groups in total. The van der Waals surface area contributed by atoms with Crippen molar-refractivity contribution in [3.8, 4) is 0 Å². The highest BCUT2D eigenvalue weighted by atomic mass is 32.1. The maximum atomic E-state index is 11.7. The van der Waals surface area contributed by atoms with E-state index >= 15 is 0 Å². The molecule has 0 spiro atoms. The highest BCUT2D eigenvalue weighted by Crippen LogP contribution is 2.13. The van der Waals surface area contributed by atoms with Crippen LogP contribution in [0, 0.1) is 0 Å². The summed E-state index contributed by atoms with van der Waals surface area (Å²) in [7, 11) is 0. The van der Waals surface area contributed by atoms with Crippen LogP contribution in [0.25, 0.3) is 0 Å². The molecule has 1 aliphatic heterocycles. The number of rotatable bonds is 5. The number of nitrogens with one attached hydrogen (secondary N) is 2. The van der Waals surface area contributed by atoms with E-state index in [1.165, 1.54) is 0 Å². The second kappa shape index (κ2) is 6.81. The van der Waals surface area contributed by atoms with Crippen molar-refractivity contribution < 1.29 is 4.79 Å². The minimum Gasteiger partial charge on any atom is -0.338 e. The van der Waals surface area contributed by atoms with Crippen molar-refractivity contribution in [1.29, 1.82) is 0 Å². The van der Waals surface area contributed by atoms with Gasteiger partial charge in [0.2, 0.25) is 0 Å². The van der Waals surface area contributed by atoms with Gasteiger partial charge in [0.05, 0.1) is 6.54 Å². The smallest absolute Gasteiger partial charge is 0.317 e. The van der Waals surface area contributed by atoms with E-state index in [0.29, 0.717) is 12.6 Å². The molecule has 1 aromatic heterocycles. The van der Waals surface area contributed by atoms with Crippen LogP contribution < -0.4 is 10.6 Å². The Bertz CT molecular complexity index is 422. The molecule has 1 unspecified atom stereocenters. The quantitative estimate of drug-likeness (QED) is 0.845. The number of amides is 2. The number of likely N-dealkylation sites (tertiary alicyclic amines) is 1. The first-order chi connectivity index (χ1) is 9.22. The Morgan fingerprint density at radius 3 is 2.89 bits per heavy atom. The highest BCUT2D eigenvalue weighted by molar-refractivity contribution is 7.11. The molecule has 1 aromatic rings. The zero-order valence-corrected chi connectivity index (χ0v) is 12.3. The van der Waals surface area contributed by atoms with Crippen LogP contribution >= 0.6 is 11.3 Å². The molecule has 2 rings (SSSR count). The predicted octanol–water partition coefficient (Wildman–Crippen LogP) is 0.994. The van der Waals surface area contributed by atoms with Crippen LogP contribution in [-0.2, 0) is 13.0 Å². The van der Waals surface area contributed by atoms with Crippen molar-refractivity contribution in [3.63, 3.8) is 0 Å². The summed E-state index contributed by atoms with van der Waals surface area (Å²) in [6, 6.07) is 0.396. The number of carbonyl (C=O) groups is 1. The van der Waals surface area contributed by atoms with E-state index in [9.17, 15) is 4.79 Å². The standard InChI is InChI=1S/C12H21N5OS/c1-3-10-15-16-11(19-10)7-14-9-5-6-17(8-9)12(18)13-4-2/h9,14H,3-8H2,1-2H3,(H,13,18). The third-order valence-corrected chi connectivity index (χ3v) is 4.22. The van der Waals surface area contributed by atoms with Crippen molar-refractivity contribution in [1.82, 2.24) is 25.7 Å². The summed E-state index contributed by atoms with van der Waals surface area (Å²) >= 11 is 1.65. The highest BCUT2D eigenvalue weighted by Gasteiger charge is 2.25. The lowest BCUT2D eigenvalue weighted by molar-refractivity contribution is 0.208. The average Bonchev–Trinajstić information content (AvgIpc) is 3.06. The van der Waals surface area contributed by atoms with Crippen molar-refractivity contribution in [3.05, 3.63) is 10.0 Å². The fraction of sp³-hybridized carbons (Fsp3) is 0.750. The molecule has 19 heavy (non-hydrogen) atoms. The van der Waals surface area contributed by atoms with Crippen molar-refractivity contribution >= 4 is 17.4 Å². The summed E-state index contributed by atoms with van der Waals surface area (Å²) in [5.41, 5.74) is 0. The lowest BCUT2D eigenvalue weighted by Gasteiger charge is -2.16. The van der Waals surface area contributed by atoms with Crippen LogP contribution in [0.4, 0.5) is 4.79 Å². The molecule has 0 radical (unpaired) electrons. The van der Waals surface area contributed by atoms with Crippen molar-refractivity contribution in [2.45, 2.75) is 39.3 Å². The van der Waals surface area contributed by atoms with E-state index in [4.69, 9.17) is 0 Å². The summed E-state index contributed by atoms with van der Waals surface area (Å²) in [5.74, 6) is 0. The summed E-state index contributed by atoms with van der Waals surface area (Å²) in [6.07, 6.45) is 1.93. The number of nitrogens with zero attached hydrogens (tertiary/aromatic N) is 3. The molecule has 1 atom stereocenters. The third-order valence-electron chi connectivity index (χ3n) is 3.16. The van der Waals surface area contributed by atoms with Crippen LogP contribution in [0.3, 0.4) is 0 Å².